The summed E-state index contributed by atoms with van der Waals surface area (Å²) in [7, 11) is 1.62. The van der Waals surface area contributed by atoms with Crippen LogP contribution < -0.4 is 15.2 Å². The Balaban J connectivity index is 2.01. The molecule has 2 aromatic rings. The van der Waals surface area contributed by atoms with E-state index in [1.165, 1.54) is 11.8 Å². The number of rotatable bonds is 8. The molecule has 0 saturated heterocycles. The zero-order valence-corrected chi connectivity index (χ0v) is 13.3. The Morgan fingerprint density at radius 2 is 1.95 bits per heavy atom. The Hall–Kier alpha value is -2.22. The monoisotopic (exact) mass is 322 g/mol. The van der Waals surface area contributed by atoms with Crippen molar-refractivity contribution in [3.8, 4) is 11.5 Å². The third-order valence-electron chi connectivity index (χ3n) is 2.88. The van der Waals surface area contributed by atoms with Gasteiger partial charge in [0.1, 0.15) is 18.1 Å². The van der Waals surface area contributed by atoms with E-state index in [1.807, 2.05) is 35.8 Å². The van der Waals surface area contributed by atoms with Gasteiger partial charge in [-0.05, 0) is 31.2 Å². The normalized spacial score (nSPS) is 10.5. The number of thioether (sulfide) groups is 1. The van der Waals surface area contributed by atoms with Crippen LogP contribution in [0.2, 0.25) is 0 Å². The highest BCUT2D eigenvalue weighted by molar-refractivity contribution is 7.99. The van der Waals surface area contributed by atoms with Crippen molar-refractivity contribution in [1.29, 1.82) is 0 Å². The first-order chi connectivity index (χ1) is 10.6. The number of primary amides is 1. The van der Waals surface area contributed by atoms with E-state index in [0.717, 1.165) is 11.5 Å². The summed E-state index contributed by atoms with van der Waals surface area (Å²) in [5.41, 5.74) is 5.14. The zero-order valence-electron chi connectivity index (χ0n) is 12.5. The lowest BCUT2D eigenvalue weighted by atomic mass is 10.3. The van der Waals surface area contributed by atoms with Gasteiger partial charge in [0.15, 0.2) is 11.0 Å². The fourth-order valence-electron chi connectivity index (χ4n) is 1.81. The number of amides is 1. The van der Waals surface area contributed by atoms with Crippen molar-refractivity contribution in [2.75, 3.05) is 12.9 Å². The number of aromatic nitrogens is 3. The van der Waals surface area contributed by atoms with Crippen LogP contribution in [0, 0.1) is 0 Å². The quantitative estimate of drug-likeness (QED) is 0.740. The van der Waals surface area contributed by atoms with E-state index in [0.29, 0.717) is 24.1 Å². The molecule has 0 bridgehead atoms. The first-order valence-corrected chi connectivity index (χ1v) is 7.72. The summed E-state index contributed by atoms with van der Waals surface area (Å²) in [6.07, 6.45) is 0. The van der Waals surface area contributed by atoms with E-state index in [1.54, 1.807) is 7.11 Å². The van der Waals surface area contributed by atoms with Crippen molar-refractivity contribution in [1.82, 2.24) is 14.8 Å². The van der Waals surface area contributed by atoms with Gasteiger partial charge in [0.25, 0.3) is 0 Å². The minimum Gasteiger partial charge on any atom is -0.497 e. The molecule has 0 aliphatic carbocycles. The predicted molar refractivity (Wildman–Crippen MR) is 82.9 cm³/mol. The fourth-order valence-corrected chi connectivity index (χ4v) is 2.57. The molecule has 1 aromatic heterocycles. The summed E-state index contributed by atoms with van der Waals surface area (Å²) in [6, 6.07) is 7.31. The lowest BCUT2D eigenvalue weighted by Crippen LogP contribution is -2.14. The number of carbonyl (C=O) groups excluding carboxylic acids is 1. The summed E-state index contributed by atoms with van der Waals surface area (Å²) < 4.78 is 12.7. The zero-order chi connectivity index (χ0) is 15.9. The highest BCUT2D eigenvalue weighted by Gasteiger charge is 2.12. The Bertz CT molecular complexity index is 628. The third kappa shape index (κ3) is 4.14. The van der Waals surface area contributed by atoms with Crippen LogP contribution in [-0.2, 0) is 17.9 Å². The molecule has 0 unspecified atom stereocenters. The Kier molecular flexibility index (Phi) is 5.65. The van der Waals surface area contributed by atoms with Gasteiger partial charge in [-0.25, -0.2) is 0 Å². The molecule has 22 heavy (non-hydrogen) atoms. The van der Waals surface area contributed by atoms with Crippen molar-refractivity contribution < 1.29 is 14.3 Å². The van der Waals surface area contributed by atoms with E-state index >= 15 is 0 Å². The molecule has 0 aliphatic heterocycles. The average Bonchev–Trinajstić information content (AvgIpc) is 2.93. The molecule has 1 aromatic carbocycles. The van der Waals surface area contributed by atoms with Crippen LogP contribution in [-0.4, -0.2) is 33.5 Å². The van der Waals surface area contributed by atoms with E-state index in [-0.39, 0.29) is 11.7 Å². The minimum atomic E-state index is -0.383. The maximum absolute atomic E-state index is 10.9. The smallest absolute Gasteiger partial charge is 0.227 e. The van der Waals surface area contributed by atoms with Gasteiger partial charge in [0.05, 0.1) is 12.9 Å². The number of methoxy groups -OCH3 is 1. The van der Waals surface area contributed by atoms with E-state index in [9.17, 15) is 4.79 Å². The molecule has 0 atom stereocenters. The van der Waals surface area contributed by atoms with Crippen LogP contribution in [0.1, 0.15) is 12.7 Å². The first kappa shape index (κ1) is 16.2. The van der Waals surface area contributed by atoms with Crippen molar-refractivity contribution in [2.24, 2.45) is 5.73 Å². The Morgan fingerprint density at radius 3 is 2.55 bits per heavy atom. The summed E-state index contributed by atoms with van der Waals surface area (Å²) in [4.78, 5) is 10.9. The molecular formula is C14H18N4O3S. The number of benzene rings is 1. The van der Waals surface area contributed by atoms with E-state index in [4.69, 9.17) is 15.2 Å². The first-order valence-electron chi connectivity index (χ1n) is 6.74. The maximum Gasteiger partial charge on any atom is 0.227 e. The molecule has 0 radical (unpaired) electrons. The van der Waals surface area contributed by atoms with Gasteiger partial charge in [-0.15, -0.1) is 10.2 Å². The number of hydrogen-bond acceptors (Lipinski definition) is 6. The van der Waals surface area contributed by atoms with Crippen LogP contribution in [0.4, 0.5) is 0 Å². The van der Waals surface area contributed by atoms with Crippen LogP contribution in [0.5, 0.6) is 11.5 Å². The average molecular weight is 322 g/mol. The molecule has 0 aliphatic rings. The topological polar surface area (TPSA) is 92.3 Å². The van der Waals surface area contributed by atoms with Crippen LogP contribution in [0.15, 0.2) is 29.4 Å². The summed E-state index contributed by atoms with van der Waals surface area (Å²) in [5, 5.41) is 8.83. The standard InChI is InChI=1S/C14H18N4O3S/c1-3-18-13(16-17-14(18)22-9-12(15)19)8-21-11-6-4-10(20-2)5-7-11/h4-7H,3,8-9H2,1-2H3,(H2,15,19). The molecule has 0 saturated carbocycles. The second-order valence-corrected chi connectivity index (χ2v) is 5.30. The molecule has 118 valence electrons. The van der Waals surface area contributed by atoms with Gasteiger partial charge in [-0.3, -0.25) is 4.79 Å². The highest BCUT2D eigenvalue weighted by atomic mass is 32.2. The van der Waals surface area contributed by atoms with Gasteiger partial charge in [-0.2, -0.15) is 0 Å². The van der Waals surface area contributed by atoms with Crippen molar-refractivity contribution in [3.05, 3.63) is 30.1 Å². The molecule has 8 heteroatoms. The maximum atomic E-state index is 10.9. The minimum absolute atomic E-state index is 0.178. The van der Waals surface area contributed by atoms with E-state index in [2.05, 4.69) is 10.2 Å². The molecule has 1 heterocycles. The Morgan fingerprint density at radius 1 is 1.27 bits per heavy atom. The highest BCUT2D eigenvalue weighted by Crippen LogP contribution is 2.20. The molecule has 0 fully saturated rings. The summed E-state index contributed by atoms with van der Waals surface area (Å²) in [6.45, 7) is 2.97. The van der Waals surface area contributed by atoms with Gasteiger partial charge in [0.2, 0.25) is 5.91 Å². The molecule has 2 N–H and O–H groups in total. The van der Waals surface area contributed by atoms with Gasteiger partial charge in [-0.1, -0.05) is 11.8 Å². The summed E-state index contributed by atoms with van der Waals surface area (Å²) >= 11 is 1.27. The molecular weight excluding hydrogens is 304 g/mol. The molecule has 2 rings (SSSR count). The second kappa shape index (κ2) is 7.69. The van der Waals surface area contributed by atoms with Crippen LogP contribution in [0.3, 0.4) is 0 Å². The number of ether oxygens (including phenoxy) is 2. The molecule has 1 amide bonds. The number of nitrogens with two attached hydrogens (primary N) is 1. The predicted octanol–water partition coefficient (Wildman–Crippen LogP) is 1.46. The SMILES string of the molecule is CCn1c(COc2ccc(OC)cc2)nnc1SCC(N)=O. The molecule has 7 nitrogen and oxygen atoms in total. The lowest BCUT2D eigenvalue weighted by Gasteiger charge is -2.09. The van der Waals surface area contributed by atoms with Crippen molar-refractivity contribution in [3.63, 3.8) is 0 Å². The lowest BCUT2D eigenvalue weighted by molar-refractivity contribution is -0.115. The van der Waals surface area contributed by atoms with E-state index < -0.39 is 0 Å². The van der Waals surface area contributed by atoms with Crippen molar-refractivity contribution >= 4 is 17.7 Å². The van der Waals surface area contributed by atoms with Gasteiger partial charge in [0, 0.05) is 6.54 Å². The summed E-state index contributed by atoms with van der Waals surface area (Å²) in [5.74, 6) is 1.99. The van der Waals surface area contributed by atoms with Crippen LogP contribution >= 0.6 is 11.8 Å². The van der Waals surface area contributed by atoms with Gasteiger partial charge >= 0.3 is 0 Å². The second-order valence-electron chi connectivity index (χ2n) is 4.36. The van der Waals surface area contributed by atoms with Crippen LogP contribution in [0.25, 0.3) is 0 Å². The van der Waals surface area contributed by atoms with Gasteiger partial charge < -0.3 is 19.8 Å². The number of carbonyl (C=O) groups is 1. The fraction of sp³-hybridized carbons (Fsp3) is 0.357. The number of hydrogen-bond donors (Lipinski definition) is 1. The third-order valence-corrected chi connectivity index (χ3v) is 3.87. The molecule has 0 spiro atoms. The largest absolute Gasteiger partial charge is 0.497 e. The number of nitrogens with zero attached hydrogens (tertiary/aromatic N) is 3. The van der Waals surface area contributed by atoms with Crippen molar-refractivity contribution in [2.45, 2.75) is 25.2 Å². The Labute approximate surface area is 132 Å².